The lowest BCUT2D eigenvalue weighted by atomic mass is 10.1. The highest BCUT2D eigenvalue weighted by atomic mass is 16.3. The van der Waals surface area contributed by atoms with Crippen LogP contribution in [-0.4, -0.2) is 42.2 Å². The second kappa shape index (κ2) is 5.51. The number of benzene rings is 1. The molecule has 2 saturated heterocycles. The van der Waals surface area contributed by atoms with Crippen molar-refractivity contribution in [3.63, 3.8) is 0 Å². The molecule has 2 heterocycles. The summed E-state index contributed by atoms with van der Waals surface area (Å²) in [6.45, 7) is 6.68. The maximum atomic E-state index is 9.57. The van der Waals surface area contributed by atoms with Crippen LogP contribution in [0.1, 0.15) is 37.9 Å². The molecule has 2 aliphatic rings. The molecular weight excluding hydrogens is 236 g/mol. The Morgan fingerprint density at radius 1 is 1.11 bits per heavy atom. The van der Waals surface area contributed by atoms with Gasteiger partial charge in [-0.3, -0.25) is 4.90 Å². The van der Waals surface area contributed by atoms with E-state index in [0.717, 1.165) is 24.7 Å². The molecule has 2 atom stereocenters. The molecule has 0 radical (unpaired) electrons. The van der Waals surface area contributed by atoms with Gasteiger partial charge in [-0.2, -0.15) is 0 Å². The highest BCUT2D eigenvalue weighted by molar-refractivity contribution is 5.48. The third-order valence-corrected chi connectivity index (χ3v) is 4.54. The van der Waals surface area contributed by atoms with Gasteiger partial charge in [0.15, 0.2) is 0 Å². The molecule has 0 saturated carbocycles. The van der Waals surface area contributed by atoms with E-state index in [9.17, 15) is 5.11 Å². The van der Waals surface area contributed by atoms with E-state index in [0.29, 0.717) is 0 Å². The molecule has 0 amide bonds. The molecule has 19 heavy (non-hydrogen) atoms. The lowest BCUT2D eigenvalue weighted by molar-refractivity contribution is 0.199. The Morgan fingerprint density at radius 3 is 2.58 bits per heavy atom. The molecule has 3 heteroatoms. The number of hydrogen-bond donors (Lipinski definition) is 1. The summed E-state index contributed by atoms with van der Waals surface area (Å²) in [5, 5.41) is 9.57. The van der Waals surface area contributed by atoms with Crippen LogP contribution in [0.2, 0.25) is 0 Å². The number of rotatable bonds is 2. The summed E-state index contributed by atoms with van der Waals surface area (Å²) in [7, 11) is 0. The van der Waals surface area contributed by atoms with E-state index in [1.807, 2.05) is 6.92 Å². The third kappa shape index (κ3) is 2.77. The zero-order valence-electron chi connectivity index (χ0n) is 11.8. The lowest BCUT2D eigenvalue weighted by Gasteiger charge is -2.27. The van der Waals surface area contributed by atoms with Crippen molar-refractivity contribution in [1.29, 1.82) is 0 Å². The van der Waals surface area contributed by atoms with Gasteiger partial charge in [0.1, 0.15) is 0 Å². The van der Waals surface area contributed by atoms with Gasteiger partial charge in [-0.1, -0.05) is 12.1 Å². The van der Waals surface area contributed by atoms with Crippen molar-refractivity contribution >= 4 is 5.69 Å². The molecular formula is C16H24N2O. The first kappa shape index (κ1) is 12.9. The normalized spacial score (nSPS) is 26.0. The standard InChI is InChI=1S/C16H24N2O/c1-13(19)14-5-7-15(8-6-14)18-11-3-10-17-9-2-4-16(17)12-18/h5-8,13,16,19H,2-4,9-12H2,1H3/t13-,16?/m0/s1. The highest BCUT2D eigenvalue weighted by Gasteiger charge is 2.28. The maximum absolute atomic E-state index is 9.57. The first-order chi connectivity index (χ1) is 9.24. The summed E-state index contributed by atoms with van der Waals surface area (Å²) in [4.78, 5) is 5.17. The van der Waals surface area contributed by atoms with Gasteiger partial charge < -0.3 is 10.0 Å². The topological polar surface area (TPSA) is 26.7 Å². The molecule has 0 aromatic heterocycles. The van der Waals surface area contributed by atoms with Gasteiger partial charge >= 0.3 is 0 Å². The van der Waals surface area contributed by atoms with E-state index in [1.165, 1.54) is 38.0 Å². The summed E-state index contributed by atoms with van der Waals surface area (Å²) in [6.07, 6.45) is 3.60. The Balaban J connectivity index is 1.73. The van der Waals surface area contributed by atoms with Crippen molar-refractivity contribution in [2.24, 2.45) is 0 Å². The Kier molecular flexibility index (Phi) is 3.76. The summed E-state index contributed by atoms with van der Waals surface area (Å²) in [5.41, 5.74) is 2.30. The fourth-order valence-corrected chi connectivity index (χ4v) is 3.40. The van der Waals surface area contributed by atoms with E-state index in [2.05, 4.69) is 34.1 Å². The van der Waals surface area contributed by atoms with Crippen LogP contribution in [0.3, 0.4) is 0 Å². The van der Waals surface area contributed by atoms with Crippen molar-refractivity contribution in [2.45, 2.75) is 38.3 Å². The van der Waals surface area contributed by atoms with Crippen molar-refractivity contribution in [2.75, 3.05) is 31.1 Å². The minimum atomic E-state index is -0.372. The second-order valence-electron chi connectivity index (χ2n) is 5.90. The molecule has 0 aliphatic carbocycles. The van der Waals surface area contributed by atoms with Gasteiger partial charge in [0.05, 0.1) is 6.10 Å². The van der Waals surface area contributed by atoms with Gasteiger partial charge in [0.2, 0.25) is 0 Å². The van der Waals surface area contributed by atoms with Crippen LogP contribution in [0.25, 0.3) is 0 Å². The predicted molar refractivity (Wildman–Crippen MR) is 78.5 cm³/mol. The average Bonchev–Trinajstić information content (AvgIpc) is 2.76. The van der Waals surface area contributed by atoms with Crippen LogP contribution < -0.4 is 4.90 Å². The molecule has 1 aromatic carbocycles. The number of anilines is 1. The molecule has 0 spiro atoms. The van der Waals surface area contributed by atoms with Crippen molar-refractivity contribution in [1.82, 2.24) is 4.90 Å². The van der Waals surface area contributed by atoms with Crippen LogP contribution in [-0.2, 0) is 0 Å². The Labute approximate surface area is 115 Å². The first-order valence-electron chi connectivity index (χ1n) is 7.51. The van der Waals surface area contributed by atoms with Gasteiger partial charge in [0.25, 0.3) is 0 Å². The van der Waals surface area contributed by atoms with E-state index in [4.69, 9.17) is 0 Å². The summed E-state index contributed by atoms with van der Waals surface area (Å²) >= 11 is 0. The quantitative estimate of drug-likeness (QED) is 0.884. The average molecular weight is 260 g/mol. The number of hydrogen-bond acceptors (Lipinski definition) is 3. The Bertz CT molecular complexity index is 415. The number of fused-ring (bicyclic) bond motifs is 1. The molecule has 3 nitrogen and oxygen atoms in total. The first-order valence-corrected chi connectivity index (χ1v) is 7.51. The highest BCUT2D eigenvalue weighted by Crippen LogP contribution is 2.26. The summed E-state index contributed by atoms with van der Waals surface area (Å²) in [6, 6.07) is 9.17. The van der Waals surface area contributed by atoms with E-state index >= 15 is 0 Å². The summed E-state index contributed by atoms with van der Waals surface area (Å²) in [5.74, 6) is 0. The Morgan fingerprint density at radius 2 is 1.84 bits per heavy atom. The molecule has 2 aliphatic heterocycles. The number of aliphatic hydroxyl groups is 1. The van der Waals surface area contributed by atoms with Crippen molar-refractivity contribution < 1.29 is 5.11 Å². The minimum absolute atomic E-state index is 0.372. The van der Waals surface area contributed by atoms with Crippen molar-refractivity contribution in [3.8, 4) is 0 Å². The van der Waals surface area contributed by atoms with Crippen LogP contribution in [0.15, 0.2) is 24.3 Å². The maximum Gasteiger partial charge on any atom is 0.0761 e. The van der Waals surface area contributed by atoms with Crippen LogP contribution in [0, 0.1) is 0 Å². The molecule has 1 unspecified atom stereocenters. The lowest BCUT2D eigenvalue weighted by Crippen LogP contribution is -2.36. The zero-order chi connectivity index (χ0) is 13.2. The third-order valence-electron chi connectivity index (χ3n) is 4.54. The fraction of sp³-hybridized carbons (Fsp3) is 0.625. The second-order valence-corrected chi connectivity index (χ2v) is 5.90. The van der Waals surface area contributed by atoms with Crippen LogP contribution in [0.4, 0.5) is 5.69 Å². The largest absolute Gasteiger partial charge is 0.389 e. The Hall–Kier alpha value is -1.06. The molecule has 0 bridgehead atoms. The van der Waals surface area contributed by atoms with Gasteiger partial charge in [-0.05, 0) is 50.4 Å². The predicted octanol–water partition coefficient (Wildman–Crippen LogP) is 2.41. The van der Waals surface area contributed by atoms with Gasteiger partial charge in [0, 0.05) is 31.4 Å². The fourth-order valence-electron chi connectivity index (χ4n) is 3.40. The SMILES string of the molecule is C[C@H](O)c1ccc(N2CCCN3CCCC3C2)cc1. The van der Waals surface area contributed by atoms with Crippen molar-refractivity contribution in [3.05, 3.63) is 29.8 Å². The van der Waals surface area contributed by atoms with E-state index < -0.39 is 0 Å². The van der Waals surface area contributed by atoms with Crippen LogP contribution >= 0.6 is 0 Å². The van der Waals surface area contributed by atoms with E-state index in [-0.39, 0.29) is 6.10 Å². The van der Waals surface area contributed by atoms with Crippen LogP contribution in [0.5, 0.6) is 0 Å². The summed E-state index contributed by atoms with van der Waals surface area (Å²) < 4.78 is 0. The number of aliphatic hydroxyl groups excluding tert-OH is 1. The monoisotopic (exact) mass is 260 g/mol. The van der Waals surface area contributed by atoms with Gasteiger partial charge in [-0.25, -0.2) is 0 Å². The molecule has 1 N–H and O–H groups in total. The minimum Gasteiger partial charge on any atom is -0.389 e. The zero-order valence-corrected chi connectivity index (χ0v) is 11.8. The molecule has 3 rings (SSSR count). The van der Waals surface area contributed by atoms with Gasteiger partial charge in [-0.15, -0.1) is 0 Å². The molecule has 2 fully saturated rings. The molecule has 104 valence electrons. The van der Waals surface area contributed by atoms with E-state index in [1.54, 1.807) is 0 Å². The number of nitrogens with zero attached hydrogens (tertiary/aromatic N) is 2. The molecule has 1 aromatic rings. The smallest absolute Gasteiger partial charge is 0.0761 e.